The molecule has 1 saturated carbocycles. The number of epoxide rings is 1. The summed E-state index contributed by atoms with van der Waals surface area (Å²) in [5, 5.41) is 8.81. The monoisotopic (exact) mass is 402 g/mol. The first-order valence-corrected chi connectivity index (χ1v) is 9.87. The van der Waals surface area contributed by atoms with Crippen LogP contribution in [-0.4, -0.2) is 55.2 Å². The molecular weight excluding hydrogens is 376 g/mol. The van der Waals surface area contributed by atoms with Crippen LogP contribution in [0.15, 0.2) is 47.3 Å². The van der Waals surface area contributed by atoms with Crippen LogP contribution >= 0.6 is 0 Å². The summed E-state index contributed by atoms with van der Waals surface area (Å²) < 4.78 is 23.1. The van der Waals surface area contributed by atoms with E-state index in [0.717, 1.165) is 36.5 Å². The van der Waals surface area contributed by atoms with E-state index in [4.69, 9.17) is 24.1 Å². The van der Waals surface area contributed by atoms with Gasteiger partial charge in [0.15, 0.2) is 11.6 Å². The summed E-state index contributed by atoms with van der Waals surface area (Å²) in [6.07, 6.45) is 10.0. The molecule has 6 atom stereocenters. The molecule has 29 heavy (non-hydrogen) atoms. The Hall–Kier alpha value is -2.22. The number of carbonyl (C=O) groups is 2. The summed E-state index contributed by atoms with van der Waals surface area (Å²) in [4.78, 5) is 23.0. The molecule has 2 saturated heterocycles. The standard InChI is InChI=1S/C22H26O7/c1-12(10-14(26-2)6-7-17(24)25)9-13-5-4-8-22(27-3)18(13)15-11-16(23)20-21(28-20)19(15)29-22/h6-7,9-11,13,18-21H,4-5,8H2,1-3H3,(H,24,25)/b7-6+,12-9+,14-10-/t13-,18+,19+,20-,21+,22-/m1/s1. The van der Waals surface area contributed by atoms with Crippen molar-refractivity contribution < 1.29 is 33.6 Å². The van der Waals surface area contributed by atoms with Crippen LogP contribution < -0.4 is 0 Å². The Balaban J connectivity index is 1.64. The molecule has 0 aromatic carbocycles. The number of ketones is 1. The van der Waals surface area contributed by atoms with Crippen molar-refractivity contribution in [1.29, 1.82) is 0 Å². The summed E-state index contributed by atoms with van der Waals surface area (Å²) in [5.41, 5.74) is 1.92. The number of ether oxygens (including phenoxy) is 4. The Morgan fingerprint density at radius 3 is 2.79 bits per heavy atom. The van der Waals surface area contributed by atoms with Gasteiger partial charge in [-0.2, -0.15) is 0 Å². The molecule has 7 heteroatoms. The fourth-order valence-electron chi connectivity index (χ4n) is 4.98. The van der Waals surface area contributed by atoms with Crippen molar-refractivity contribution in [2.45, 2.75) is 50.3 Å². The summed E-state index contributed by atoms with van der Waals surface area (Å²) in [7, 11) is 3.16. The second kappa shape index (κ2) is 7.55. The summed E-state index contributed by atoms with van der Waals surface area (Å²) in [6.45, 7) is 1.95. The van der Waals surface area contributed by atoms with E-state index < -0.39 is 11.8 Å². The zero-order chi connectivity index (χ0) is 20.8. The van der Waals surface area contributed by atoms with Crippen LogP contribution in [0.2, 0.25) is 0 Å². The Morgan fingerprint density at radius 1 is 1.31 bits per heavy atom. The highest BCUT2D eigenvalue weighted by molar-refractivity contribution is 5.98. The number of carbonyl (C=O) groups excluding carboxylic acids is 1. The zero-order valence-electron chi connectivity index (χ0n) is 16.8. The summed E-state index contributed by atoms with van der Waals surface area (Å²) >= 11 is 0. The van der Waals surface area contributed by atoms with Gasteiger partial charge >= 0.3 is 5.97 Å². The minimum atomic E-state index is -1.03. The average molecular weight is 402 g/mol. The lowest BCUT2D eigenvalue weighted by atomic mass is 9.70. The van der Waals surface area contributed by atoms with Crippen molar-refractivity contribution in [3.63, 3.8) is 0 Å². The van der Waals surface area contributed by atoms with Gasteiger partial charge in [0, 0.05) is 25.5 Å². The van der Waals surface area contributed by atoms with Crippen LogP contribution in [0.5, 0.6) is 0 Å². The molecule has 2 aliphatic heterocycles. The van der Waals surface area contributed by atoms with Gasteiger partial charge in [-0.25, -0.2) is 4.79 Å². The van der Waals surface area contributed by atoms with Crippen LogP contribution in [0.3, 0.4) is 0 Å². The maximum atomic E-state index is 12.3. The van der Waals surface area contributed by atoms with Gasteiger partial charge in [0.1, 0.15) is 24.1 Å². The molecule has 1 N–H and O–H groups in total. The lowest BCUT2D eigenvalue weighted by molar-refractivity contribution is -0.250. The van der Waals surface area contributed by atoms with E-state index in [0.29, 0.717) is 5.76 Å². The van der Waals surface area contributed by atoms with Crippen LogP contribution in [0, 0.1) is 11.8 Å². The Morgan fingerprint density at radius 2 is 2.10 bits per heavy atom. The van der Waals surface area contributed by atoms with Gasteiger partial charge in [-0.05, 0) is 49.5 Å². The zero-order valence-corrected chi connectivity index (χ0v) is 16.8. The van der Waals surface area contributed by atoms with Crippen LogP contribution in [0.25, 0.3) is 0 Å². The first kappa shape index (κ1) is 20.1. The van der Waals surface area contributed by atoms with Crippen molar-refractivity contribution in [1.82, 2.24) is 0 Å². The van der Waals surface area contributed by atoms with Crippen LogP contribution in [0.1, 0.15) is 26.2 Å². The van der Waals surface area contributed by atoms with Crippen LogP contribution in [-0.2, 0) is 28.5 Å². The Labute approximate surface area is 169 Å². The average Bonchev–Trinajstić information content (AvgIpc) is 3.43. The largest absolute Gasteiger partial charge is 0.497 e. The van der Waals surface area contributed by atoms with E-state index in [2.05, 4.69) is 6.08 Å². The van der Waals surface area contributed by atoms with Crippen molar-refractivity contribution in [3.8, 4) is 0 Å². The molecule has 0 aromatic heterocycles. The van der Waals surface area contributed by atoms with E-state index in [1.54, 1.807) is 19.3 Å². The number of carboxylic acid groups (broad SMARTS) is 1. The van der Waals surface area contributed by atoms with Gasteiger partial charge in [-0.1, -0.05) is 11.6 Å². The highest BCUT2D eigenvalue weighted by Gasteiger charge is 2.65. The molecule has 2 heterocycles. The van der Waals surface area contributed by atoms with Gasteiger partial charge < -0.3 is 24.1 Å². The van der Waals surface area contributed by atoms with Crippen molar-refractivity contribution in [2.75, 3.05) is 14.2 Å². The maximum Gasteiger partial charge on any atom is 0.328 e. The van der Waals surface area contributed by atoms with E-state index in [1.807, 2.05) is 6.92 Å². The number of hydrogen-bond acceptors (Lipinski definition) is 6. The number of fused-ring (bicyclic) bond motifs is 5. The van der Waals surface area contributed by atoms with Gasteiger partial charge in [-0.3, -0.25) is 4.79 Å². The lowest BCUT2D eigenvalue weighted by Crippen LogP contribution is -2.44. The third-order valence-electron chi connectivity index (χ3n) is 6.21. The third kappa shape index (κ3) is 3.58. The van der Waals surface area contributed by atoms with Crippen molar-refractivity contribution >= 4 is 11.8 Å². The highest BCUT2D eigenvalue weighted by atomic mass is 16.7. The number of aliphatic carboxylic acids is 1. The maximum absolute atomic E-state index is 12.3. The molecule has 4 rings (SSSR count). The molecule has 0 aromatic rings. The van der Waals surface area contributed by atoms with E-state index in [1.165, 1.54) is 13.2 Å². The topological polar surface area (TPSA) is 94.6 Å². The normalized spacial score (nSPS) is 38.9. The van der Waals surface area contributed by atoms with Gasteiger partial charge in [0.2, 0.25) is 0 Å². The molecule has 156 valence electrons. The molecular formula is C22H26O7. The molecule has 7 nitrogen and oxygen atoms in total. The number of allylic oxidation sites excluding steroid dienone is 4. The molecule has 0 unspecified atom stereocenters. The quantitative estimate of drug-likeness (QED) is 0.316. The second-order valence-corrected chi connectivity index (χ2v) is 7.99. The van der Waals surface area contributed by atoms with Crippen LogP contribution in [0.4, 0.5) is 0 Å². The first-order chi connectivity index (χ1) is 13.9. The minimum absolute atomic E-state index is 0.0159. The van der Waals surface area contributed by atoms with Gasteiger partial charge in [0.05, 0.1) is 7.11 Å². The fraction of sp³-hybridized carbons (Fsp3) is 0.545. The highest BCUT2D eigenvalue weighted by Crippen LogP contribution is 2.57. The molecule has 0 amide bonds. The molecule has 3 fully saturated rings. The summed E-state index contributed by atoms with van der Waals surface area (Å²) in [6, 6.07) is 0. The van der Waals surface area contributed by atoms with E-state index >= 15 is 0 Å². The Kier molecular flexibility index (Phi) is 5.23. The van der Waals surface area contributed by atoms with Gasteiger partial charge in [0.25, 0.3) is 0 Å². The molecule has 0 bridgehead atoms. The summed E-state index contributed by atoms with van der Waals surface area (Å²) in [5.74, 6) is -1.23. The predicted octanol–water partition coefficient (Wildman–Crippen LogP) is 2.54. The third-order valence-corrected chi connectivity index (χ3v) is 6.21. The number of rotatable bonds is 6. The Bertz CT molecular complexity index is 836. The fourth-order valence-corrected chi connectivity index (χ4v) is 4.98. The van der Waals surface area contributed by atoms with E-state index in [9.17, 15) is 9.59 Å². The van der Waals surface area contributed by atoms with E-state index in [-0.39, 0.29) is 35.9 Å². The molecule has 0 radical (unpaired) electrons. The number of hydrogen-bond donors (Lipinski definition) is 1. The predicted molar refractivity (Wildman–Crippen MR) is 103 cm³/mol. The SMILES string of the molecule is COC(=C\C(C)=C\[C@H]1CCC[C@@]2(OC)O[C@H]3C(=CC(=O)[C@H]4O[C@H]43)[C@H]12)/C=C/C(=O)O. The smallest absolute Gasteiger partial charge is 0.328 e. The number of carboxylic acids is 1. The lowest BCUT2D eigenvalue weighted by Gasteiger charge is -2.41. The molecule has 2 aliphatic carbocycles. The number of methoxy groups -OCH3 is 2. The molecule has 4 aliphatic rings. The molecule has 0 spiro atoms. The first-order valence-electron chi connectivity index (χ1n) is 9.87. The van der Waals surface area contributed by atoms with Gasteiger partial charge in [-0.15, -0.1) is 0 Å². The van der Waals surface area contributed by atoms with Crippen molar-refractivity contribution in [2.24, 2.45) is 11.8 Å². The van der Waals surface area contributed by atoms with Crippen molar-refractivity contribution in [3.05, 3.63) is 47.3 Å². The second-order valence-electron chi connectivity index (χ2n) is 7.99. The minimum Gasteiger partial charge on any atom is -0.497 e.